The zero-order valence-electron chi connectivity index (χ0n) is 14.3. The summed E-state index contributed by atoms with van der Waals surface area (Å²) in [6, 6.07) is 0. The second-order valence-electron chi connectivity index (χ2n) is 6.71. The fraction of sp³-hybridized carbons (Fsp3) is 0.625. The molecule has 0 aromatic carbocycles. The molecule has 2 aliphatic rings. The van der Waals surface area contributed by atoms with Gasteiger partial charge in [0.05, 0.1) is 0 Å². The van der Waals surface area contributed by atoms with Crippen molar-refractivity contribution in [2.45, 2.75) is 31.2 Å². The third-order valence-electron chi connectivity index (χ3n) is 5.04. The summed E-state index contributed by atoms with van der Waals surface area (Å²) in [5, 5.41) is 9.25. The van der Waals surface area contributed by atoms with Crippen molar-refractivity contribution in [3.63, 3.8) is 0 Å². The van der Waals surface area contributed by atoms with Crippen molar-refractivity contribution >= 4 is 17.6 Å². The van der Waals surface area contributed by atoms with Crippen molar-refractivity contribution < 1.29 is 9.59 Å². The first-order chi connectivity index (χ1) is 12.0. The van der Waals surface area contributed by atoms with E-state index in [2.05, 4.69) is 25.7 Å². The highest BCUT2D eigenvalue weighted by Gasteiger charge is 2.41. The largest absolute Gasteiger partial charge is 0.365 e. The number of carbonyl (C=O) groups is 2. The van der Waals surface area contributed by atoms with Gasteiger partial charge >= 0.3 is 0 Å². The first kappa shape index (κ1) is 17.4. The summed E-state index contributed by atoms with van der Waals surface area (Å²) in [7, 11) is 1.87. The van der Waals surface area contributed by atoms with Gasteiger partial charge < -0.3 is 15.9 Å². The molecule has 3 rings (SSSR count). The summed E-state index contributed by atoms with van der Waals surface area (Å²) in [6.45, 7) is 9.12. The molecule has 0 bridgehead atoms. The average molecular weight is 345 g/mol. The number of primary amides is 1. The second kappa shape index (κ2) is 6.82. The molecular formula is C16H23N7O2. The van der Waals surface area contributed by atoms with Crippen molar-refractivity contribution in [2.24, 2.45) is 11.7 Å². The molecule has 134 valence electrons. The van der Waals surface area contributed by atoms with Crippen LogP contribution in [0.25, 0.3) is 4.85 Å². The number of hydrogen-bond acceptors (Lipinski definition) is 5. The topological polar surface area (TPSA) is 110 Å². The highest BCUT2D eigenvalue weighted by Crippen LogP contribution is 2.33. The average Bonchev–Trinajstić information content (AvgIpc) is 3.36. The Morgan fingerprint density at radius 2 is 2.12 bits per heavy atom. The molecule has 0 atom stereocenters. The quantitative estimate of drug-likeness (QED) is 0.637. The van der Waals surface area contributed by atoms with Crippen LogP contribution in [-0.2, 0) is 10.3 Å². The lowest BCUT2D eigenvalue weighted by molar-refractivity contribution is -0.117. The van der Waals surface area contributed by atoms with Crippen LogP contribution in [0.5, 0.6) is 0 Å². The lowest BCUT2D eigenvalue weighted by Gasteiger charge is -2.38. The molecule has 1 aromatic rings. The smallest absolute Gasteiger partial charge is 0.254 e. The van der Waals surface area contributed by atoms with Gasteiger partial charge in [-0.05, 0) is 32.7 Å². The highest BCUT2D eigenvalue weighted by atomic mass is 16.2. The van der Waals surface area contributed by atoms with Crippen LogP contribution in [0.3, 0.4) is 0 Å². The summed E-state index contributed by atoms with van der Waals surface area (Å²) < 4.78 is 1.67. The van der Waals surface area contributed by atoms with E-state index < -0.39 is 11.4 Å². The first-order valence-corrected chi connectivity index (χ1v) is 8.45. The van der Waals surface area contributed by atoms with Crippen LogP contribution >= 0.6 is 0 Å². The zero-order chi connectivity index (χ0) is 18.0. The van der Waals surface area contributed by atoms with E-state index in [-0.39, 0.29) is 29.8 Å². The van der Waals surface area contributed by atoms with Crippen molar-refractivity contribution in [1.82, 2.24) is 20.2 Å². The van der Waals surface area contributed by atoms with E-state index in [1.165, 1.54) is 0 Å². The number of aromatic nitrogens is 2. The molecule has 2 heterocycles. The normalized spacial score (nSPS) is 20.0. The minimum atomic E-state index is -0.636. The molecule has 1 saturated heterocycles. The van der Waals surface area contributed by atoms with Gasteiger partial charge in [-0.15, -0.1) is 0 Å². The molecular weight excluding hydrogens is 322 g/mol. The van der Waals surface area contributed by atoms with E-state index in [0.717, 1.165) is 25.9 Å². The Kier molecular flexibility index (Phi) is 4.74. The minimum Gasteiger partial charge on any atom is -0.365 e. The zero-order valence-corrected chi connectivity index (χ0v) is 14.3. The fourth-order valence-corrected chi connectivity index (χ4v) is 3.21. The van der Waals surface area contributed by atoms with Crippen LogP contribution in [-0.4, -0.2) is 53.3 Å². The van der Waals surface area contributed by atoms with E-state index in [1.807, 2.05) is 7.05 Å². The Labute approximate surface area is 146 Å². The number of piperidine rings is 1. The summed E-state index contributed by atoms with van der Waals surface area (Å²) in [6.07, 6.45) is 4.73. The lowest BCUT2D eigenvalue weighted by Crippen LogP contribution is -2.51. The molecule has 2 amide bonds. The number of hydrogen-bond donors (Lipinski definition) is 3. The molecule has 1 aliphatic carbocycles. The van der Waals surface area contributed by atoms with Crippen LogP contribution in [0.4, 0.5) is 5.82 Å². The number of rotatable bonds is 6. The maximum absolute atomic E-state index is 12.0. The first-order valence-electron chi connectivity index (χ1n) is 8.45. The van der Waals surface area contributed by atoms with Crippen LogP contribution in [0.2, 0.25) is 0 Å². The summed E-state index contributed by atoms with van der Waals surface area (Å²) in [5.74, 6) is -0.563. The molecule has 1 aliphatic heterocycles. The molecule has 0 spiro atoms. The molecule has 1 saturated carbocycles. The third kappa shape index (κ3) is 3.50. The van der Waals surface area contributed by atoms with Gasteiger partial charge in [0, 0.05) is 25.2 Å². The third-order valence-corrected chi connectivity index (χ3v) is 5.04. The lowest BCUT2D eigenvalue weighted by atomic mass is 9.88. The molecule has 2 fully saturated rings. The van der Waals surface area contributed by atoms with E-state index in [1.54, 1.807) is 10.9 Å². The Hall–Kier alpha value is -2.44. The maximum atomic E-state index is 12.0. The van der Waals surface area contributed by atoms with Gasteiger partial charge in [0.25, 0.3) is 5.91 Å². The summed E-state index contributed by atoms with van der Waals surface area (Å²) in [4.78, 5) is 27.4. The van der Waals surface area contributed by atoms with Crippen LogP contribution in [0, 0.1) is 12.5 Å². The maximum Gasteiger partial charge on any atom is 0.254 e. The van der Waals surface area contributed by atoms with Crippen LogP contribution < -0.4 is 16.5 Å². The van der Waals surface area contributed by atoms with Gasteiger partial charge in [0.15, 0.2) is 5.82 Å². The number of nitrogens with two attached hydrogens (primary N) is 1. The molecule has 1 aromatic heterocycles. The number of anilines is 1. The van der Waals surface area contributed by atoms with E-state index in [0.29, 0.717) is 12.8 Å². The van der Waals surface area contributed by atoms with E-state index in [4.69, 9.17) is 12.3 Å². The molecule has 0 radical (unpaired) electrons. The van der Waals surface area contributed by atoms with Gasteiger partial charge in [0.1, 0.15) is 11.1 Å². The van der Waals surface area contributed by atoms with Gasteiger partial charge in [-0.2, -0.15) is 5.10 Å². The Bertz CT molecular complexity index is 709. The van der Waals surface area contributed by atoms with Crippen LogP contribution in [0.15, 0.2) is 6.20 Å². The number of amides is 2. The summed E-state index contributed by atoms with van der Waals surface area (Å²) in [5.41, 5.74) is 8.27. The highest BCUT2D eigenvalue weighted by molar-refractivity contribution is 6.02. The molecule has 9 nitrogen and oxygen atoms in total. The number of hydrazine groups is 1. The predicted octanol–water partition coefficient (Wildman–Crippen LogP) is 0.175. The fourth-order valence-electron chi connectivity index (χ4n) is 3.21. The predicted molar refractivity (Wildman–Crippen MR) is 91.4 cm³/mol. The summed E-state index contributed by atoms with van der Waals surface area (Å²) >= 11 is 0. The van der Waals surface area contributed by atoms with Crippen molar-refractivity contribution in [1.29, 1.82) is 0 Å². The van der Waals surface area contributed by atoms with Crippen molar-refractivity contribution in [2.75, 3.05) is 32.0 Å². The van der Waals surface area contributed by atoms with E-state index >= 15 is 0 Å². The molecule has 25 heavy (non-hydrogen) atoms. The monoisotopic (exact) mass is 345 g/mol. The number of carbonyl (C=O) groups excluding carboxylic acids is 2. The molecule has 0 unspecified atom stereocenters. The number of nitrogens with one attached hydrogen (secondary N) is 2. The van der Waals surface area contributed by atoms with E-state index in [9.17, 15) is 9.59 Å². The van der Waals surface area contributed by atoms with Crippen molar-refractivity contribution in [3.05, 3.63) is 23.2 Å². The Balaban J connectivity index is 1.89. The molecule has 9 heteroatoms. The minimum absolute atomic E-state index is 0.00180. The van der Waals surface area contributed by atoms with Gasteiger partial charge in [0.2, 0.25) is 12.5 Å². The van der Waals surface area contributed by atoms with Gasteiger partial charge in [-0.1, -0.05) is 0 Å². The van der Waals surface area contributed by atoms with Crippen molar-refractivity contribution in [3.8, 4) is 0 Å². The SMILES string of the molecule is [C-]#[N+]CC1(n2cc(C(N)=O)c(NC(=O)C3CC3)n2)CCN(NC)CC1. The Morgan fingerprint density at radius 3 is 2.64 bits per heavy atom. The number of nitrogens with zero attached hydrogens (tertiary/aromatic N) is 4. The Morgan fingerprint density at radius 1 is 1.44 bits per heavy atom. The van der Waals surface area contributed by atoms with Gasteiger partial charge in [-0.3, -0.25) is 19.7 Å². The second-order valence-corrected chi connectivity index (χ2v) is 6.71. The van der Waals surface area contributed by atoms with Gasteiger partial charge in [-0.25, -0.2) is 11.6 Å². The molecule has 4 N–H and O–H groups in total. The van der Waals surface area contributed by atoms with Crippen LogP contribution in [0.1, 0.15) is 36.0 Å². The standard InChI is InChI=1S/C16H23N7O2/c1-18-10-16(5-7-22(19-2)8-6-16)23-9-12(13(17)24)14(21-23)20-15(25)11-3-4-11/h9,11,19H,3-8,10H2,2H3,(H2,17,24)(H,20,21,25).